The molecule has 0 unspecified atom stereocenters. The van der Waals surface area contributed by atoms with E-state index in [-0.39, 0.29) is 24.6 Å². The van der Waals surface area contributed by atoms with Gasteiger partial charge in [-0.2, -0.15) is 8.78 Å². The third kappa shape index (κ3) is 8.52. The minimum atomic E-state index is -2.95. The maximum atomic E-state index is 12.8. The lowest BCUT2D eigenvalue weighted by molar-refractivity contribution is -0.117. The summed E-state index contributed by atoms with van der Waals surface area (Å²) < 4.78 is 34.8. The van der Waals surface area contributed by atoms with Crippen LogP contribution in [0.3, 0.4) is 0 Å². The van der Waals surface area contributed by atoms with Gasteiger partial charge in [0.2, 0.25) is 0 Å². The normalized spacial score (nSPS) is 11.2. The van der Waals surface area contributed by atoms with Crippen molar-refractivity contribution in [3.05, 3.63) is 101 Å². The summed E-state index contributed by atoms with van der Waals surface area (Å²) in [6, 6.07) is 22.0. The van der Waals surface area contributed by atoms with Crippen molar-refractivity contribution in [2.24, 2.45) is 0 Å². The minimum absolute atomic E-state index is 0.0117. The van der Waals surface area contributed by atoms with Crippen molar-refractivity contribution < 1.29 is 33.0 Å². The number of halogens is 2. The molecule has 7 nitrogen and oxygen atoms in total. The monoisotopic (exact) mass is 496 g/mol. The molecule has 0 radical (unpaired) electrons. The number of benzene rings is 3. The summed E-state index contributed by atoms with van der Waals surface area (Å²) in [5.41, 5.74) is 1.84. The van der Waals surface area contributed by atoms with Gasteiger partial charge in [0, 0.05) is 18.5 Å². The van der Waals surface area contributed by atoms with Crippen LogP contribution in [0.15, 0.2) is 84.6 Å². The predicted octanol–water partition coefficient (Wildman–Crippen LogP) is 3.79. The van der Waals surface area contributed by atoms with Crippen molar-refractivity contribution in [3.63, 3.8) is 0 Å². The van der Waals surface area contributed by atoms with Crippen molar-refractivity contribution in [3.8, 4) is 11.5 Å². The zero-order chi connectivity index (χ0) is 25.8. The smallest absolute Gasteiger partial charge is 0.387 e. The van der Waals surface area contributed by atoms with Crippen LogP contribution in [-0.4, -0.2) is 43.3 Å². The van der Waals surface area contributed by atoms with Crippen LogP contribution in [0.25, 0.3) is 6.08 Å². The van der Waals surface area contributed by atoms with Crippen LogP contribution in [0, 0.1) is 0 Å². The van der Waals surface area contributed by atoms with Gasteiger partial charge < -0.3 is 25.2 Å². The van der Waals surface area contributed by atoms with Gasteiger partial charge in [-0.25, -0.2) is 0 Å². The maximum Gasteiger partial charge on any atom is 0.387 e. The van der Waals surface area contributed by atoms with Crippen LogP contribution in [0.1, 0.15) is 21.5 Å². The molecule has 0 saturated carbocycles. The van der Waals surface area contributed by atoms with Crippen molar-refractivity contribution in [2.75, 3.05) is 19.8 Å². The van der Waals surface area contributed by atoms with Gasteiger partial charge in [0.25, 0.3) is 11.8 Å². The predicted molar refractivity (Wildman–Crippen MR) is 131 cm³/mol. The van der Waals surface area contributed by atoms with Crippen LogP contribution in [0.4, 0.5) is 8.78 Å². The van der Waals surface area contributed by atoms with Gasteiger partial charge in [-0.3, -0.25) is 9.59 Å². The molecule has 36 heavy (non-hydrogen) atoms. The number of rotatable bonds is 12. The Morgan fingerprint density at radius 2 is 1.58 bits per heavy atom. The van der Waals surface area contributed by atoms with E-state index in [2.05, 4.69) is 15.4 Å². The number of hydrogen-bond donors (Lipinski definition) is 3. The molecule has 2 amide bonds. The molecule has 3 N–H and O–H groups in total. The Kier molecular flexibility index (Phi) is 9.96. The second kappa shape index (κ2) is 13.6. The first kappa shape index (κ1) is 26.4. The summed E-state index contributed by atoms with van der Waals surface area (Å²) in [6.07, 6.45) is 2.13. The lowest BCUT2D eigenvalue weighted by Crippen LogP contribution is -2.36. The fourth-order valence-electron chi connectivity index (χ4n) is 3.16. The van der Waals surface area contributed by atoms with Crippen LogP contribution in [-0.2, 0) is 11.2 Å². The van der Waals surface area contributed by atoms with Gasteiger partial charge in [-0.1, -0.05) is 42.5 Å². The highest BCUT2D eigenvalue weighted by Crippen LogP contribution is 2.17. The maximum absolute atomic E-state index is 12.8. The molecule has 3 rings (SSSR count). The zero-order valence-corrected chi connectivity index (χ0v) is 19.3. The Labute approximate surface area is 207 Å². The highest BCUT2D eigenvalue weighted by atomic mass is 19.3. The molecule has 0 aliphatic heterocycles. The third-order valence-corrected chi connectivity index (χ3v) is 4.93. The second-order valence-electron chi connectivity index (χ2n) is 7.55. The van der Waals surface area contributed by atoms with Gasteiger partial charge in [0.1, 0.15) is 17.2 Å². The molecular weight excluding hydrogens is 470 g/mol. The molecular formula is C27H26F2N2O5. The van der Waals surface area contributed by atoms with E-state index < -0.39 is 18.4 Å². The van der Waals surface area contributed by atoms with E-state index in [1.54, 1.807) is 24.3 Å². The Bertz CT molecular complexity index is 1150. The summed E-state index contributed by atoms with van der Waals surface area (Å²) in [6.45, 7) is -2.76. The number of carbonyl (C=O) groups is 2. The Balaban J connectivity index is 1.65. The topological polar surface area (TPSA) is 96.9 Å². The van der Waals surface area contributed by atoms with Gasteiger partial charge in [0.15, 0.2) is 0 Å². The molecule has 0 spiro atoms. The summed E-state index contributed by atoms with van der Waals surface area (Å²) in [7, 11) is 0. The molecule has 188 valence electrons. The fourth-order valence-corrected chi connectivity index (χ4v) is 3.16. The molecule has 0 aliphatic rings. The van der Waals surface area contributed by atoms with Crippen LogP contribution >= 0.6 is 0 Å². The number of nitrogens with one attached hydrogen (secondary N) is 2. The van der Waals surface area contributed by atoms with Crippen molar-refractivity contribution in [1.82, 2.24) is 10.6 Å². The second-order valence-corrected chi connectivity index (χ2v) is 7.55. The number of carbonyl (C=O) groups excluding carboxylic acids is 2. The number of aliphatic hydroxyl groups is 1. The van der Waals surface area contributed by atoms with Crippen LogP contribution in [0.2, 0.25) is 0 Å². The van der Waals surface area contributed by atoms with Crippen molar-refractivity contribution in [2.45, 2.75) is 13.0 Å². The summed E-state index contributed by atoms with van der Waals surface area (Å²) in [5.74, 6) is -0.589. The largest absolute Gasteiger partial charge is 0.493 e. The first-order valence-electron chi connectivity index (χ1n) is 11.2. The highest BCUT2D eigenvalue weighted by Gasteiger charge is 2.15. The van der Waals surface area contributed by atoms with Gasteiger partial charge in [-0.15, -0.1) is 0 Å². The number of ether oxygens (including phenoxy) is 2. The van der Waals surface area contributed by atoms with Crippen molar-refractivity contribution >= 4 is 17.9 Å². The molecule has 0 bridgehead atoms. The van der Waals surface area contributed by atoms with Crippen LogP contribution in [0.5, 0.6) is 11.5 Å². The number of aliphatic hydroxyl groups excluding tert-OH is 1. The van der Waals surface area contributed by atoms with E-state index in [1.807, 2.05) is 30.3 Å². The van der Waals surface area contributed by atoms with Gasteiger partial charge in [-0.05, 0) is 53.6 Å². The van der Waals surface area contributed by atoms with E-state index in [0.29, 0.717) is 23.5 Å². The first-order valence-corrected chi connectivity index (χ1v) is 11.2. The molecule has 0 heterocycles. The highest BCUT2D eigenvalue weighted by molar-refractivity contribution is 6.05. The van der Waals surface area contributed by atoms with E-state index in [9.17, 15) is 18.4 Å². The fraction of sp³-hybridized carbons (Fsp3) is 0.185. The molecule has 0 fully saturated rings. The number of alkyl halides is 2. The lowest BCUT2D eigenvalue weighted by atomic mass is 10.1. The molecule has 0 atom stereocenters. The van der Waals surface area contributed by atoms with E-state index in [0.717, 1.165) is 12.0 Å². The molecule has 0 saturated heterocycles. The quantitative estimate of drug-likeness (QED) is 0.332. The molecule has 0 aromatic heterocycles. The van der Waals surface area contributed by atoms with Crippen LogP contribution < -0.4 is 20.1 Å². The molecule has 3 aromatic carbocycles. The average Bonchev–Trinajstić information content (AvgIpc) is 2.88. The third-order valence-electron chi connectivity index (χ3n) is 4.93. The van der Waals surface area contributed by atoms with E-state index >= 15 is 0 Å². The summed E-state index contributed by atoms with van der Waals surface area (Å²) >= 11 is 0. The molecule has 3 aromatic rings. The van der Waals surface area contributed by atoms with Gasteiger partial charge >= 0.3 is 6.61 Å². The summed E-state index contributed by atoms with van der Waals surface area (Å²) in [5, 5.41) is 14.0. The van der Waals surface area contributed by atoms with E-state index in [4.69, 9.17) is 9.84 Å². The lowest BCUT2D eigenvalue weighted by Gasteiger charge is -2.12. The minimum Gasteiger partial charge on any atom is -0.493 e. The summed E-state index contributed by atoms with van der Waals surface area (Å²) in [4.78, 5) is 25.3. The van der Waals surface area contributed by atoms with Gasteiger partial charge in [0.05, 0.1) is 13.2 Å². The number of hydrogen-bond acceptors (Lipinski definition) is 5. The Morgan fingerprint density at radius 3 is 2.22 bits per heavy atom. The average molecular weight is 497 g/mol. The Morgan fingerprint density at radius 1 is 0.917 bits per heavy atom. The molecule has 9 heteroatoms. The van der Waals surface area contributed by atoms with Crippen molar-refractivity contribution in [1.29, 1.82) is 0 Å². The standard InChI is InChI=1S/C27H26F2N2O5/c28-27(29)36-23-10-6-20(7-11-23)18-24(26(34)30-15-16-32)31-25(33)21-8-12-22(13-9-21)35-17-14-19-4-2-1-3-5-19/h1-13,18,27,32H,14-17H2,(H,30,34)(H,31,33)/b24-18+. The zero-order valence-electron chi connectivity index (χ0n) is 19.3. The Hall–Kier alpha value is -4.24. The van der Waals surface area contributed by atoms with E-state index in [1.165, 1.54) is 30.3 Å². The first-order chi connectivity index (χ1) is 17.4. The molecule has 0 aliphatic carbocycles. The number of amides is 2. The SMILES string of the molecule is O=C(NCCO)/C(=C\c1ccc(OC(F)F)cc1)NC(=O)c1ccc(OCCc2ccccc2)cc1.